The molecule has 0 radical (unpaired) electrons. The molecule has 0 amide bonds. The fraction of sp³-hybridized carbons (Fsp3) is 0.238. The van der Waals surface area contributed by atoms with Crippen LogP contribution in [0.3, 0.4) is 0 Å². The Hall–Kier alpha value is -5.44. The molecule has 6 aromatic rings. The second kappa shape index (κ2) is 15.8. The van der Waals surface area contributed by atoms with Crippen molar-refractivity contribution in [2.24, 2.45) is 0 Å². The lowest BCUT2D eigenvalue weighted by Crippen LogP contribution is -2.09. The molecule has 0 saturated carbocycles. The first-order valence-corrected chi connectivity index (χ1v) is 16.8. The number of hydrogen-bond acceptors (Lipinski definition) is 8. The van der Waals surface area contributed by atoms with Gasteiger partial charge in [0.1, 0.15) is 36.2 Å². The molecule has 0 saturated heterocycles. The van der Waals surface area contributed by atoms with Crippen LogP contribution in [0, 0.1) is 0 Å². The number of phenols is 2. The van der Waals surface area contributed by atoms with Crippen LogP contribution in [0.15, 0.2) is 97.1 Å². The van der Waals surface area contributed by atoms with Crippen LogP contribution in [-0.4, -0.2) is 64.1 Å². The minimum atomic E-state index is -0.109. The van der Waals surface area contributed by atoms with Gasteiger partial charge in [0.25, 0.3) is 0 Å². The largest absolute Gasteiger partial charge is 0.507 e. The third-order valence-corrected chi connectivity index (χ3v) is 8.62. The van der Waals surface area contributed by atoms with Crippen molar-refractivity contribution in [3.05, 3.63) is 97.1 Å². The van der Waals surface area contributed by atoms with E-state index in [1.165, 1.54) is 7.11 Å². The molecule has 0 bridgehead atoms. The Labute approximate surface area is 292 Å². The molecule has 0 aliphatic heterocycles. The van der Waals surface area contributed by atoms with Gasteiger partial charge < -0.3 is 38.6 Å². The molecule has 8 nitrogen and oxygen atoms in total. The monoisotopic (exact) mass is 674 g/mol. The standard InChI is InChI=1S/C42H42O8/c1-5-47-21-23-49-35-26-34(38(43)31-18-17-29(25-33(31)35)27-13-9-7-10-14-27)36-39(44)32-20-19-30(28-15-11-8-12-16-28)40(45-3)37(32)42(41(36)46-4)50-24-22-48-6-2/h7-20,25-26,43-44H,5-6,21-24H2,1-4H3. The fourth-order valence-electron chi connectivity index (χ4n) is 6.31. The normalized spacial score (nSPS) is 11.2. The van der Waals surface area contributed by atoms with Crippen LogP contribution in [0.1, 0.15) is 13.8 Å². The lowest BCUT2D eigenvalue weighted by Gasteiger charge is -2.23. The van der Waals surface area contributed by atoms with Crippen LogP contribution in [0.25, 0.3) is 54.9 Å². The van der Waals surface area contributed by atoms with E-state index in [4.69, 9.17) is 28.4 Å². The Morgan fingerprint density at radius 2 is 1.12 bits per heavy atom. The minimum absolute atomic E-state index is 0.0437. The Morgan fingerprint density at radius 3 is 1.76 bits per heavy atom. The first-order chi connectivity index (χ1) is 24.5. The van der Waals surface area contributed by atoms with E-state index in [0.717, 1.165) is 22.3 Å². The van der Waals surface area contributed by atoms with Gasteiger partial charge in [0.15, 0.2) is 11.5 Å². The van der Waals surface area contributed by atoms with E-state index in [-0.39, 0.29) is 36.0 Å². The van der Waals surface area contributed by atoms with Crippen molar-refractivity contribution in [3.8, 4) is 67.9 Å². The molecule has 8 heteroatoms. The molecule has 0 atom stereocenters. The van der Waals surface area contributed by atoms with Crippen molar-refractivity contribution >= 4 is 21.5 Å². The number of aromatic hydroxyl groups is 2. The molecule has 0 spiro atoms. The molecule has 0 heterocycles. The lowest BCUT2D eigenvalue weighted by molar-refractivity contribution is 0.109. The molecule has 0 unspecified atom stereocenters. The first kappa shape index (κ1) is 34.4. The van der Waals surface area contributed by atoms with Crippen LogP contribution >= 0.6 is 0 Å². The molecular weight excluding hydrogens is 632 g/mol. The van der Waals surface area contributed by atoms with E-state index in [1.807, 2.05) is 105 Å². The van der Waals surface area contributed by atoms with Crippen LogP contribution in [0.4, 0.5) is 0 Å². The molecule has 0 aromatic heterocycles. The third kappa shape index (κ3) is 6.72. The highest BCUT2D eigenvalue weighted by Crippen LogP contribution is 2.57. The number of phenolic OH excluding ortho intramolecular Hbond substituents is 2. The van der Waals surface area contributed by atoms with Crippen molar-refractivity contribution in [2.45, 2.75) is 13.8 Å². The van der Waals surface area contributed by atoms with Crippen LogP contribution < -0.4 is 18.9 Å². The lowest BCUT2D eigenvalue weighted by atomic mass is 9.91. The summed E-state index contributed by atoms with van der Waals surface area (Å²) in [7, 11) is 3.10. The van der Waals surface area contributed by atoms with E-state index >= 15 is 0 Å². The van der Waals surface area contributed by atoms with Gasteiger partial charge in [-0.25, -0.2) is 0 Å². The van der Waals surface area contributed by atoms with E-state index in [1.54, 1.807) is 13.2 Å². The summed E-state index contributed by atoms with van der Waals surface area (Å²) in [6, 6.07) is 31.2. The van der Waals surface area contributed by atoms with Crippen molar-refractivity contribution < 1.29 is 38.6 Å². The van der Waals surface area contributed by atoms with E-state index in [2.05, 4.69) is 0 Å². The number of methoxy groups -OCH3 is 2. The van der Waals surface area contributed by atoms with Gasteiger partial charge in [0.2, 0.25) is 0 Å². The summed E-state index contributed by atoms with van der Waals surface area (Å²) in [6.45, 7) is 6.16. The van der Waals surface area contributed by atoms with Gasteiger partial charge in [0.05, 0.1) is 38.4 Å². The summed E-state index contributed by atoms with van der Waals surface area (Å²) in [6.07, 6.45) is 0. The Bertz CT molecular complexity index is 2080. The molecule has 0 fully saturated rings. The van der Waals surface area contributed by atoms with Gasteiger partial charge in [-0.3, -0.25) is 0 Å². The Balaban J connectivity index is 1.63. The van der Waals surface area contributed by atoms with Gasteiger partial charge in [-0.15, -0.1) is 0 Å². The zero-order valence-electron chi connectivity index (χ0n) is 28.8. The van der Waals surface area contributed by atoms with E-state index in [9.17, 15) is 10.2 Å². The van der Waals surface area contributed by atoms with Crippen molar-refractivity contribution in [1.29, 1.82) is 0 Å². The van der Waals surface area contributed by atoms with Crippen LogP contribution in [0.5, 0.6) is 34.5 Å². The molecule has 0 aliphatic carbocycles. The smallest absolute Gasteiger partial charge is 0.173 e. The Morgan fingerprint density at radius 1 is 0.500 bits per heavy atom. The van der Waals surface area contributed by atoms with Gasteiger partial charge in [-0.1, -0.05) is 66.7 Å². The van der Waals surface area contributed by atoms with E-state index < -0.39 is 0 Å². The van der Waals surface area contributed by atoms with Crippen molar-refractivity contribution in [3.63, 3.8) is 0 Å². The summed E-state index contributed by atoms with van der Waals surface area (Å²) < 4.78 is 36.0. The summed E-state index contributed by atoms with van der Waals surface area (Å²) in [5, 5.41) is 26.4. The molecule has 0 aliphatic rings. The summed E-state index contributed by atoms with van der Waals surface area (Å²) >= 11 is 0. The number of ether oxygens (including phenoxy) is 6. The molecule has 2 N–H and O–H groups in total. The maximum atomic E-state index is 12.2. The van der Waals surface area contributed by atoms with Gasteiger partial charge in [0, 0.05) is 40.5 Å². The molecule has 50 heavy (non-hydrogen) atoms. The topological polar surface area (TPSA) is 95.8 Å². The summed E-state index contributed by atoms with van der Waals surface area (Å²) in [5.41, 5.74) is 4.32. The maximum absolute atomic E-state index is 12.2. The van der Waals surface area contributed by atoms with E-state index in [0.29, 0.717) is 70.8 Å². The van der Waals surface area contributed by atoms with Crippen LogP contribution in [-0.2, 0) is 9.47 Å². The molecule has 258 valence electrons. The average Bonchev–Trinajstić information content (AvgIpc) is 3.16. The predicted octanol–water partition coefficient (Wildman–Crippen LogP) is 9.25. The van der Waals surface area contributed by atoms with Crippen LogP contribution in [0.2, 0.25) is 0 Å². The zero-order valence-corrected chi connectivity index (χ0v) is 28.8. The van der Waals surface area contributed by atoms with Gasteiger partial charge >= 0.3 is 0 Å². The highest BCUT2D eigenvalue weighted by molar-refractivity contribution is 6.11. The van der Waals surface area contributed by atoms with Gasteiger partial charge in [-0.05, 0) is 60.9 Å². The second-order valence-electron chi connectivity index (χ2n) is 11.5. The average molecular weight is 675 g/mol. The van der Waals surface area contributed by atoms with Crippen molar-refractivity contribution in [1.82, 2.24) is 0 Å². The maximum Gasteiger partial charge on any atom is 0.173 e. The number of rotatable bonds is 15. The quantitative estimate of drug-likeness (QED) is 0.104. The predicted molar refractivity (Wildman–Crippen MR) is 198 cm³/mol. The highest BCUT2D eigenvalue weighted by Gasteiger charge is 2.29. The fourth-order valence-corrected chi connectivity index (χ4v) is 6.31. The van der Waals surface area contributed by atoms with Gasteiger partial charge in [-0.2, -0.15) is 0 Å². The Kier molecular flexibility index (Phi) is 10.9. The molecule has 6 rings (SSSR count). The minimum Gasteiger partial charge on any atom is -0.507 e. The second-order valence-corrected chi connectivity index (χ2v) is 11.5. The number of fused-ring (bicyclic) bond motifs is 2. The third-order valence-electron chi connectivity index (χ3n) is 8.62. The summed E-state index contributed by atoms with van der Waals surface area (Å²) in [5.74, 6) is 1.45. The number of hydrogen-bond donors (Lipinski definition) is 2. The van der Waals surface area contributed by atoms with Crippen molar-refractivity contribution in [2.75, 3.05) is 53.9 Å². The number of benzene rings is 6. The SMILES string of the molecule is CCOCCOc1cc(-c2c(OC)c(OCCOCC)c3c(OC)c(-c4ccccc4)ccc3c2O)c(O)c2ccc(-c3ccccc3)cc12. The summed E-state index contributed by atoms with van der Waals surface area (Å²) in [4.78, 5) is 0. The zero-order chi connectivity index (χ0) is 35.0. The highest BCUT2D eigenvalue weighted by atomic mass is 16.5. The molecule has 6 aromatic carbocycles. The first-order valence-electron chi connectivity index (χ1n) is 16.8. The molecular formula is C42H42O8.